The van der Waals surface area contributed by atoms with E-state index < -0.39 is 0 Å². The Labute approximate surface area is 103 Å². The lowest BCUT2D eigenvalue weighted by atomic mass is 9.74. The monoisotopic (exact) mass is 231 g/mol. The first kappa shape index (κ1) is 12.2. The molecule has 0 aliphatic carbocycles. The maximum Gasteiger partial charge on any atom is 0.235 e. The van der Waals surface area contributed by atoms with Gasteiger partial charge < -0.3 is 5.32 Å². The van der Waals surface area contributed by atoms with Crippen molar-refractivity contribution in [2.24, 2.45) is 0 Å². The molecule has 2 heteroatoms. The van der Waals surface area contributed by atoms with Crippen LogP contribution in [0.15, 0.2) is 18.2 Å². The number of anilines is 1. The highest BCUT2D eigenvalue weighted by Gasteiger charge is 2.44. The second-order valence-electron chi connectivity index (χ2n) is 5.09. The SMILES string of the molecule is CCCC1(CCC)C(=O)Nc2ccc(C)cc21. The molecule has 1 aromatic carbocycles. The van der Waals surface area contributed by atoms with Crippen molar-refractivity contribution in [3.63, 3.8) is 0 Å². The number of carbonyl (C=O) groups is 1. The Balaban J connectivity index is 2.52. The number of fused-ring (bicyclic) bond motifs is 1. The fourth-order valence-electron chi connectivity index (χ4n) is 3.00. The van der Waals surface area contributed by atoms with Gasteiger partial charge in [0, 0.05) is 5.69 Å². The van der Waals surface area contributed by atoms with Crippen molar-refractivity contribution in [3.8, 4) is 0 Å². The van der Waals surface area contributed by atoms with Gasteiger partial charge in [-0.1, -0.05) is 44.4 Å². The Morgan fingerprint density at radius 3 is 2.41 bits per heavy atom. The largest absolute Gasteiger partial charge is 0.325 e. The van der Waals surface area contributed by atoms with E-state index in [0.717, 1.165) is 31.4 Å². The summed E-state index contributed by atoms with van der Waals surface area (Å²) in [5.74, 6) is 0.196. The van der Waals surface area contributed by atoms with Crippen LogP contribution in [0.5, 0.6) is 0 Å². The molecule has 0 saturated carbocycles. The van der Waals surface area contributed by atoms with Crippen molar-refractivity contribution in [1.29, 1.82) is 0 Å². The molecule has 0 unspecified atom stereocenters. The highest BCUT2D eigenvalue weighted by atomic mass is 16.2. The standard InChI is InChI=1S/C15H21NO/c1-4-8-15(9-5-2)12-10-11(3)6-7-13(12)16-14(15)17/h6-7,10H,4-5,8-9H2,1-3H3,(H,16,17). The lowest BCUT2D eigenvalue weighted by Gasteiger charge is -2.26. The number of hydrogen-bond acceptors (Lipinski definition) is 1. The summed E-state index contributed by atoms with van der Waals surface area (Å²) in [4.78, 5) is 12.3. The molecule has 0 aromatic heterocycles. The van der Waals surface area contributed by atoms with Gasteiger partial charge in [-0.15, -0.1) is 0 Å². The Kier molecular flexibility index (Phi) is 3.23. The highest BCUT2D eigenvalue weighted by molar-refractivity contribution is 6.06. The summed E-state index contributed by atoms with van der Waals surface area (Å²) in [5, 5.41) is 3.05. The third-order valence-electron chi connectivity index (χ3n) is 3.73. The molecule has 1 amide bonds. The van der Waals surface area contributed by atoms with Crippen LogP contribution in [0.25, 0.3) is 0 Å². The van der Waals surface area contributed by atoms with Crippen molar-refractivity contribution < 1.29 is 4.79 Å². The molecule has 0 spiro atoms. The summed E-state index contributed by atoms with van der Waals surface area (Å²) in [5.41, 5.74) is 3.19. The van der Waals surface area contributed by atoms with Crippen LogP contribution < -0.4 is 5.32 Å². The molecule has 1 aliphatic heterocycles. The molecule has 92 valence electrons. The van der Waals surface area contributed by atoms with Crippen molar-refractivity contribution in [2.75, 3.05) is 5.32 Å². The maximum absolute atomic E-state index is 12.3. The molecule has 2 nitrogen and oxygen atoms in total. The van der Waals surface area contributed by atoms with Crippen molar-refractivity contribution in [3.05, 3.63) is 29.3 Å². The first-order valence-corrected chi connectivity index (χ1v) is 6.56. The topological polar surface area (TPSA) is 29.1 Å². The summed E-state index contributed by atoms with van der Waals surface area (Å²) in [6.07, 6.45) is 3.98. The van der Waals surface area contributed by atoms with Crippen LogP contribution in [0.1, 0.15) is 50.7 Å². The van der Waals surface area contributed by atoms with Gasteiger partial charge in [-0.25, -0.2) is 0 Å². The Morgan fingerprint density at radius 2 is 1.82 bits per heavy atom. The van der Waals surface area contributed by atoms with E-state index in [2.05, 4.69) is 38.2 Å². The number of rotatable bonds is 4. The third-order valence-corrected chi connectivity index (χ3v) is 3.73. The molecule has 1 heterocycles. The number of carbonyl (C=O) groups excluding carboxylic acids is 1. The summed E-state index contributed by atoms with van der Waals surface area (Å²) < 4.78 is 0. The van der Waals surface area contributed by atoms with Crippen LogP contribution >= 0.6 is 0 Å². The van der Waals surface area contributed by atoms with E-state index >= 15 is 0 Å². The molecule has 0 bridgehead atoms. The van der Waals surface area contributed by atoms with Gasteiger partial charge in [-0.3, -0.25) is 4.79 Å². The smallest absolute Gasteiger partial charge is 0.235 e. The van der Waals surface area contributed by atoms with Crippen molar-refractivity contribution in [2.45, 2.75) is 51.9 Å². The summed E-state index contributed by atoms with van der Waals surface area (Å²) in [6, 6.07) is 6.28. The quantitative estimate of drug-likeness (QED) is 0.839. The Hall–Kier alpha value is -1.31. The van der Waals surface area contributed by atoms with E-state index in [9.17, 15) is 4.79 Å². The van der Waals surface area contributed by atoms with Gasteiger partial charge in [0.1, 0.15) is 0 Å². The lowest BCUT2D eigenvalue weighted by Crippen LogP contribution is -2.34. The van der Waals surface area contributed by atoms with Crippen molar-refractivity contribution in [1.82, 2.24) is 0 Å². The Morgan fingerprint density at radius 1 is 1.18 bits per heavy atom. The number of aryl methyl sites for hydroxylation is 1. The number of nitrogens with one attached hydrogen (secondary N) is 1. The van der Waals surface area contributed by atoms with E-state index in [0.29, 0.717) is 0 Å². The average Bonchev–Trinajstić information content (AvgIpc) is 2.54. The molecule has 2 rings (SSSR count). The van der Waals surface area contributed by atoms with E-state index in [1.807, 2.05) is 6.07 Å². The average molecular weight is 231 g/mol. The van der Waals surface area contributed by atoms with Crippen molar-refractivity contribution >= 4 is 11.6 Å². The van der Waals surface area contributed by atoms with Crippen LogP contribution in [0, 0.1) is 6.92 Å². The van der Waals surface area contributed by atoms with Crippen LogP contribution in [-0.2, 0) is 10.2 Å². The second kappa shape index (κ2) is 4.52. The number of amides is 1. The van der Waals surface area contributed by atoms with Gasteiger partial charge in [-0.2, -0.15) is 0 Å². The van der Waals surface area contributed by atoms with Crippen LogP contribution in [0.2, 0.25) is 0 Å². The normalized spacial score (nSPS) is 16.8. The van der Waals surface area contributed by atoms with E-state index in [1.54, 1.807) is 0 Å². The molecule has 1 aliphatic rings. The zero-order valence-electron chi connectivity index (χ0n) is 11.0. The molecule has 0 saturated heterocycles. The Bertz CT molecular complexity index is 431. The summed E-state index contributed by atoms with van der Waals surface area (Å²) >= 11 is 0. The second-order valence-corrected chi connectivity index (χ2v) is 5.09. The zero-order chi connectivity index (χ0) is 12.5. The molecule has 1 aromatic rings. The third kappa shape index (κ3) is 1.86. The van der Waals surface area contributed by atoms with E-state index in [-0.39, 0.29) is 11.3 Å². The van der Waals surface area contributed by atoms with Gasteiger partial charge in [0.05, 0.1) is 5.41 Å². The van der Waals surface area contributed by atoms with Gasteiger partial charge >= 0.3 is 0 Å². The van der Waals surface area contributed by atoms with E-state index in [4.69, 9.17) is 0 Å². The van der Waals surface area contributed by atoms with Crippen LogP contribution in [0.3, 0.4) is 0 Å². The van der Waals surface area contributed by atoms with Crippen LogP contribution in [0.4, 0.5) is 5.69 Å². The lowest BCUT2D eigenvalue weighted by molar-refractivity contribution is -0.121. The number of benzene rings is 1. The highest BCUT2D eigenvalue weighted by Crippen LogP contribution is 2.44. The van der Waals surface area contributed by atoms with Gasteiger partial charge in [0.25, 0.3) is 0 Å². The predicted octanol–water partition coefficient (Wildman–Crippen LogP) is 3.79. The van der Waals surface area contributed by atoms with Gasteiger partial charge in [-0.05, 0) is 31.4 Å². The molecule has 17 heavy (non-hydrogen) atoms. The first-order chi connectivity index (χ1) is 8.14. The van der Waals surface area contributed by atoms with Gasteiger partial charge in [0.2, 0.25) is 5.91 Å². The minimum absolute atomic E-state index is 0.196. The molecular weight excluding hydrogens is 210 g/mol. The summed E-state index contributed by atoms with van der Waals surface area (Å²) in [6.45, 7) is 6.39. The van der Waals surface area contributed by atoms with E-state index in [1.165, 1.54) is 11.1 Å². The van der Waals surface area contributed by atoms with Gasteiger partial charge in [0.15, 0.2) is 0 Å². The summed E-state index contributed by atoms with van der Waals surface area (Å²) in [7, 11) is 0. The predicted molar refractivity (Wildman–Crippen MR) is 71.3 cm³/mol. The zero-order valence-corrected chi connectivity index (χ0v) is 11.0. The molecular formula is C15H21NO. The van der Waals surface area contributed by atoms with Crippen LogP contribution in [-0.4, -0.2) is 5.91 Å². The minimum Gasteiger partial charge on any atom is -0.325 e. The number of hydrogen-bond donors (Lipinski definition) is 1. The first-order valence-electron chi connectivity index (χ1n) is 6.56. The fraction of sp³-hybridized carbons (Fsp3) is 0.533. The minimum atomic E-state index is -0.273. The molecule has 1 N–H and O–H groups in total. The molecule has 0 radical (unpaired) electrons. The fourth-order valence-corrected chi connectivity index (χ4v) is 3.00. The maximum atomic E-state index is 12.3. The molecule has 0 atom stereocenters. The molecule has 0 fully saturated rings.